The van der Waals surface area contributed by atoms with Crippen LogP contribution in [0.3, 0.4) is 0 Å². The molecule has 146 valence electrons. The summed E-state index contributed by atoms with van der Waals surface area (Å²) >= 11 is 0. The Balaban J connectivity index is 1.38. The highest BCUT2D eigenvalue weighted by Gasteiger charge is 2.13. The first kappa shape index (κ1) is 19.5. The number of benzene rings is 1. The van der Waals surface area contributed by atoms with E-state index in [1.807, 2.05) is 0 Å². The first-order valence-corrected chi connectivity index (χ1v) is 9.51. The maximum atomic E-state index is 13.8. The quantitative estimate of drug-likeness (QED) is 0.715. The summed E-state index contributed by atoms with van der Waals surface area (Å²) in [6.45, 7) is 4.00. The summed E-state index contributed by atoms with van der Waals surface area (Å²) in [5.41, 5.74) is 0.150. The van der Waals surface area contributed by atoms with Gasteiger partial charge in [0.1, 0.15) is 11.6 Å². The molecule has 7 heteroatoms. The van der Waals surface area contributed by atoms with Gasteiger partial charge in [-0.15, -0.1) is 0 Å². The minimum absolute atomic E-state index is 0.0543. The van der Waals surface area contributed by atoms with E-state index in [2.05, 4.69) is 15.2 Å². The average molecular weight is 377 g/mol. The largest absolute Gasteiger partial charge is 0.441 e. The lowest BCUT2D eigenvalue weighted by molar-refractivity contribution is -0.121. The molecule has 3 rings (SSSR count). The Labute approximate surface area is 157 Å². The molecule has 0 unspecified atom stereocenters. The number of halogens is 2. The van der Waals surface area contributed by atoms with Crippen LogP contribution < -0.4 is 5.32 Å². The van der Waals surface area contributed by atoms with Crippen molar-refractivity contribution in [1.29, 1.82) is 0 Å². The summed E-state index contributed by atoms with van der Waals surface area (Å²) in [5, 5.41) is 2.91. The standard InChI is InChI=1S/C20H25F2N3O2/c21-15-5-6-16(17(22)13-15)18-14-24-20(27-18)8-7-19(26)23-9-4-12-25-10-2-1-3-11-25/h5-6,13-14H,1-4,7-12H2,(H,23,26). The number of aromatic nitrogens is 1. The summed E-state index contributed by atoms with van der Waals surface area (Å²) in [7, 11) is 0. The Kier molecular flexibility index (Phi) is 6.92. The Hall–Kier alpha value is -2.28. The van der Waals surface area contributed by atoms with Crippen molar-refractivity contribution in [2.24, 2.45) is 0 Å². The highest BCUT2D eigenvalue weighted by atomic mass is 19.1. The SMILES string of the molecule is O=C(CCc1ncc(-c2ccc(F)cc2F)o1)NCCCN1CCCCC1. The van der Waals surface area contributed by atoms with Crippen LogP contribution in [0.15, 0.2) is 28.8 Å². The van der Waals surface area contributed by atoms with E-state index in [-0.39, 0.29) is 23.7 Å². The number of likely N-dealkylation sites (tertiary alicyclic amines) is 1. The number of carbonyl (C=O) groups is 1. The molecule has 1 aromatic carbocycles. The smallest absolute Gasteiger partial charge is 0.220 e. The molecule has 27 heavy (non-hydrogen) atoms. The van der Waals surface area contributed by atoms with Crippen LogP contribution in [-0.4, -0.2) is 42.0 Å². The number of nitrogens with zero attached hydrogens (tertiary/aromatic N) is 2. The fraction of sp³-hybridized carbons (Fsp3) is 0.500. The van der Waals surface area contributed by atoms with Crippen molar-refractivity contribution in [2.75, 3.05) is 26.2 Å². The van der Waals surface area contributed by atoms with Crippen molar-refractivity contribution in [3.8, 4) is 11.3 Å². The number of rotatable bonds is 8. The van der Waals surface area contributed by atoms with Crippen LogP contribution in [-0.2, 0) is 11.2 Å². The van der Waals surface area contributed by atoms with Crippen LogP contribution >= 0.6 is 0 Å². The van der Waals surface area contributed by atoms with Crippen LogP contribution in [0.2, 0.25) is 0 Å². The first-order chi connectivity index (χ1) is 13.1. The minimum Gasteiger partial charge on any atom is -0.441 e. The molecule has 1 amide bonds. The second kappa shape index (κ2) is 9.60. The summed E-state index contributed by atoms with van der Waals surface area (Å²) < 4.78 is 32.2. The molecule has 2 heterocycles. The van der Waals surface area contributed by atoms with Crippen molar-refractivity contribution >= 4 is 5.91 Å². The Morgan fingerprint density at radius 1 is 1.22 bits per heavy atom. The van der Waals surface area contributed by atoms with Gasteiger partial charge >= 0.3 is 0 Å². The van der Waals surface area contributed by atoms with Gasteiger partial charge in [0.2, 0.25) is 5.91 Å². The number of piperidine rings is 1. The molecule has 0 aliphatic carbocycles. The van der Waals surface area contributed by atoms with Crippen LogP contribution in [0.4, 0.5) is 8.78 Å². The van der Waals surface area contributed by atoms with Crippen LogP contribution in [0.25, 0.3) is 11.3 Å². The van der Waals surface area contributed by atoms with Crippen molar-refractivity contribution in [1.82, 2.24) is 15.2 Å². The van der Waals surface area contributed by atoms with Crippen molar-refractivity contribution in [2.45, 2.75) is 38.5 Å². The zero-order valence-electron chi connectivity index (χ0n) is 15.3. The van der Waals surface area contributed by atoms with Gasteiger partial charge in [0, 0.05) is 25.5 Å². The first-order valence-electron chi connectivity index (χ1n) is 9.51. The maximum absolute atomic E-state index is 13.8. The van der Waals surface area contributed by atoms with Gasteiger partial charge in [0.25, 0.3) is 0 Å². The number of oxazole rings is 1. The van der Waals surface area contributed by atoms with E-state index in [9.17, 15) is 13.6 Å². The zero-order valence-corrected chi connectivity index (χ0v) is 15.3. The van der Waals surface area contributed by atoms with E-state index < -0.39 is 11.6 Å². The lowest BCUT2D eigenvalue weighted by Crippen LogP contribution is -2.33. The summed E-state index contributed by atoms with van der Waals surface area (Å²) in [6, 6.07) is 3.27. The molecular weight excluding hydrogens is 352 g/mol. The number of aryl methyl sites for hydroxylation is 1. The number of carbonyl (C=O) groups excluding carboxylic acids is 1. The molecule has 0 radical (unpaired) electrons. The molecule has 1 aliphatic heterocycles. The Bertz CT molecular complexity index is 757. The van der Waals surface area contributed by atoms with Gasteiger partial charge in [-0.05, 0) is 51.0 Å². The van der Waals surface area contributed by atoms with E-state index in [0.29, 0.717) is 18.9 Å². The third-order valence-corrected chi connectivity index (χ3v) is 4.74. The fourth-order valence-electron chi connectivity index (χ4n) is 3.26. The molecule has 1 saturated heterocycles. The van der Waals surface area contributed by atoms with Gasteiger partial charge < -0.3 is 14.6 Å². The molecule has 0 saturated carbocycles. The summed E-state index contributed by atoms with van der Waals surface area (Å²) in [4.78, 5) is 18.5. The molecular formula is C20H25F2N3O2. The van der Waals surface area contributed by atoms with E-state index >= 15 is 0 Å². The lowest BCUT2D eigenvalue weighted by atomic mass is 10.1. The van der Waals surface area contributed by atoms with Crippen molar-refractivity contribution < 1.29 is 18.0 Å². The second-order valence-corrected chi connectivity index (χ2v) is 6.85. The summed E-state index contributed by atoms with van der Waals surface area (Å²) in [6.07, 6.45) is 6.79. The minimum atomic E-state index is -0.704. The number of hydrogen-bond donors (Lipinski definition) is 1. The van der Waals surface area contributed by atoms with Gasteiger partial charge in [-0.25, -0.2) is 13.8 Å². The molecule has 1 N–H and O–H groups in total. The molecule has 1 aromatic heterocycles. The predicted molar refractivity (Wildman–Crippen MR) is 98.1 cm³/mol. The van der Waals surface area contributed by atoms with E-state index in [1.54, 1.807) is 0 Å². The highest BCUT2D eigenvalue weighted by Crippen LogP contribution is 2.24. The average Bonchev–Trinajstić information content (AvgIpc) is 3.13. The van der Waals surface area contributed by atoms with Crippen LogP contribution in [0.1, 0.15) is 38.0 Å². The molecule has 0 atom stereocenters. The van der Waals surface area contributed by atoms with Crippen molar-refractivity contribution in [3.63, 3.8) is 0 Å². The van der Waals surface area contributed by atoms with Crippen LogP contribution in [0, 0.1) is 11.6 Å². The van der Waals surface area contributed by atoms with Crippen LogP contribution in [0.5, 0.6) is 0 Å². The van der Waals surface area contributed by atoms with Gasteiger partial charge in [0.15, 0.2) is 11.7 Å². The molecule has 0 bridgehead atoms. The highest BCUT2D eigenvalue weighted by molar-refractivity contribution is 5.76. The second-order valence-electron chi connectivity index (χ2n) is 6.85. The van der Waals surface area contributed by atoms with Crippen molar-refractivity contribution in [3.05, 3.63) is 41.9 Å². The van der Waals surface area contributed by atoms with Gasteiger partial charge in [-0.1, -0.05) is 6.42 Å². The van der Waals surface area contributed by atoms with E-state index in [1.165, 1.54) is 31.5 Å². The third kappa shape index (κ3) is 5.85. The Morgan fingerprint density at radius 2 is 2.04 bits per heavy atom. The molecule has 5 nitrogen and oxygen atoms in total. The number of hydrogen-bond acceptors (Lipinski definition) is 4. The maximum Gasteiger partial charge on any atom is 0.220 e. The zero-order chi connectivity index (χ0) is 19.1. The number of amides is 1. The molecule has 0 spiro atoms. The Morgan fingerprint density at radius 3 is 2.81 bits per heavy atom. The predicted octanol–water partition coefficient (Wildman–Crippen LogP) is 3.54. The van der Waals surface area contributed by atoms with E-state index in [0.717, 1.165) is 38.2 Å². The lowest BCUT2D eigenvalue weighted by Gasteiger charge is -2.26. The molecule has 1 fully saturated rings. The van der Waals surface area contributed by atoms with Gasteiger partial charge in [0.05, 0.1) is 11.8 Å². The third-order valence-electron chi connectivity index (χ3n) is 4.74. The molecule has 2 aromatic rings. The monoisotopic (exact) mass is 377 g/mol. The van der Waals surface area contributed by atoms with Gasteiger partial charge in [-0.2, -0.15) is 0 Å². The topological polar surface area (TPSA) is 58.4 Å². The molecule has 1 aliphatic rings. The fourth-order valence-corrected chi connectivity index (χ4v) is 3.26. The number of nitrogens with one attached hydrogen (secondary N) is 1. The summed E-state index contributed by atoms with van der Waals surface area (Å²) in [5.74, 6) is -0.819. The van der Waals surface area contributed by atoms with Gasteiger partial charge in [-0.3, -0.25) is 4.79 Å². The normalized spacial score (nSPS) is 15.0. The van der Waals surface area contributed by atoms with E-state index in [4.69, 9.17) is 4.42 Å².